The van der Waals surface area contributed by atoms with Crippen molar-refractivity contribution in [1.82, 2.24) is 0 Å². The van der Waals surface area contributed by atoms with Crippen LogP contribution in [0.4, 0.5) is 4.39 Å². The van der Waals surface area contributed by atoms with Gasteiger partial charge in [0, 0.05) is 6.42 Å². The zero-order chi connectivity index (χ0) is 12.3. The number of hydrogen-bond donors (Lipinski definition) is 0. The number of halogens is 2. The molecule has 1 aliphatic rings. The minimum atomic E-state index is -0.293. The SMILES string of the molecule is O=C(Cc1ccc(F)c(Br)c1)C1=CCCCC1. The average Bonchev–Trinajstić information content (AvgIpc) is 2.35. The topological polar surface area (TPSA) is 17.1 Å². The minimum Gasteiger partial charge on any atom is -0.294 e. The zero-order valence-corrected chi connectivity index (χ0v) is 11.1. The van der Waals surface area contributed by atoms with E-state index in [-0.39, 0.29) is 11.6 Å². The molecule has 0 fully saturated rings. The van der Waals surface area contributed by atoms with Gasteiger partial charge in [0.25, 0.3) is 0 Å². The first-order valence-corrected chi connectivity index (χ1v) is 6.62. The Balaban J connectivity index is 2.07. The molecule has 1 aliphatic carbocycles. The molecule has 0 N–H and O–H groups in total. The van der Waals surface area contributed by atoms with Crippen molar-refractivity contribution in [3.63, 3.8) is 0 Å². The second-order valence-electron chi connectivity index (χ2n) is 4.32. The minimum absolute atomic E-state index is 0.170. The summed E-state index contributed by atoms with van der Waals surface area (Å²) in [6.45, 7) is 0. The van der Waals surface area contributed by atoms with E-state index in [1.807, 2.05) is 6.08 Å². The monoisotopic (exact) mass is 296 g/mol. The van der Waals surface area contributed by atoms with Gasteiger partial charge in [0.1, 0.15) is 5.82 Å². The number of carbonyl (C=O) groups excluding carboxylic acids is 1. The van der Waals surface area contributed by atoms with E-state index in [2.05, 4.69) is 15.9 Å². The maximum Gasteiger partial charge on any atom is 0.162 e. The first kappa shape index (κ1) is 12.5. The van der Waals surface area contributed by atoms with Crippen molar-refractivity contribution in [1.29, 1.82) is 0 Å². The maximum absolute atomic E-state index is 13.0. The Labute approximate surface area is 109 Å². The molecule has 1 aromatic carbocycles. The Morgan fingerprint density at radius 2 is 2.18 bits per heavy atom. The second-order valence-corrected chi connectivity index (χ2v) is 5.18. The molecule has 3 heteroatoms. The summed E-state index contributed by atoms with van der Waals surface area (Å²) >= 11 is 3.13. The first-order valence-electron chi connectivity index (χ1n) is 5.83. The Bertz CT molecular complexity index is 465. The molecule has 90 valence electrons. The molecular weight excluding hydrogens is 283 g/mol. The predicted molar refractivity (Wildman–Crippen MR) is 69.4 cm³/mol. The quantitative estimate of drug-likeness (QED) is 0.817. The van der Waals surface area contributed by atoms with Gasteiger partial charge in [-0.25, -0.2) is 4.39 Å². The fourth-order valence-electron chi connectivity index (χ4n) is 2.04. The molecule has 0 amide bonds. The van der Waals surface area contributed by atoms with Crippen molar-refractivity contribution in [3.05, 3.63) is 45.7 Å². The summed E-state index contributed by atoms with van der Waals surface area (Å²) in [5.74, 6) is -0.124. The van der Waals surface area contributed by atoms with Gasteiger partial charge in [0.2, 0.25) is 0 Å². The van der Waals surface area contributed by atoms with E-state index in [4.69, 9.17) is 0 Å². The lowest BCUT2D eigenvalue weighted by Crippen LogP contribution is -2.09. The van der Waals surface area contributed by atoms with E-state index >= 15 is 0 Å². The molecule has 0 atom stereocenters. The van der Waals surface area contributed by atoms with Gasteiger partial charge in [-0.1, -0.05) is 12.1 Å². The largest absolute Gasteiger partial charge is 0.294 e. The van der Waals surface area contributed by atoms with Gasteiger partial charge >= 0.3 is 0 Å². The molecule has 0 saturated carbocycles. The molecule has 0 bridgehead atoms. The molecule has 0 spiro atoms. The Hall–Kier alpha value is -0.960. The third-order valence-corrected chi connectivity index (χ3v) is 3.61. The van der Waals surface area contributed by atoms with Crippen molar-refractivity contribution >= 4 is 21.7 Å². The van der Waals surface area contributed by atoms with E-state index in [1.165, 1.54) is 12.5 Å². The lowest BCUT2D eigenvalue weighted by molar-refractivity contribution is -0.115. The Kier molecular flexibility index (Phi) is 4.11. The van der Waals surface area contributed by atoms with E-state index < -0.39 is 0 Å². The lowest BCUT2D eigenvalue weighted by atomic mass is 9.93. The smallest absolute Gasteiger partial charge is 0.162 e. The highest BCUT2D eigenvalue weighted by atomic mass is 79.9. The standard InChI is InChI=1S/C14H14BrFO/c15-12-8-10(6-7-13(12)16)9-14(17)11-4-2-1-3-5-11/h4,6-8H,1-3,5,9H2. The van der Waals surface area contributed by atoms with Gasteiger partial charge in [-0.15, -0.1) is 0 Å². The van der Waals surface area contributed by atoms with Crippen LogP contribution in [0.3, 0.4) is 0 Å². The second kappa shape index (κ2) is 5.58. The Morgan fingerprint density at radius 3 is 2.82 bits per heavy atom. The summed E-state index contributed by atoms with van der Waals surface area (Å²) in [7, 11) is 0. The van der Waals surface area contributed by atoms with Crippen LogP contribution < -0.4 is 0 Å². The molecule has 1 aromatic rings. The summed E-state index contributed by atoms with van der Waals surface area (Å²) < 4.78 is 13.5. The maximum atomic E-state index is 13.0. The van der Waals surface area contributed by atoms with Crippen molar-refractivity contribution in [2.45, 2.75) is 32.1 Å². The highest BCUT2D eigenvalue weighted by Crippen LogP contribution is 2.21. The number of Topliss-reactive ketones (excluding diaryl/α,β-unsaturated/α-hetero) is 1. The molecule has 0 unspecified atom stereocenters. The fourth-order valence-corrected chi connectivity index (χ4v) is 2.47. The van der Waals surface area contributed by atoms with Crippen LogP contribution >= 0.6 is 15.9 Å². The fraction of sp³-hybridized carbons (Fsp3) is 0.357. The molecule has 2 rings (SSSR count). The molecule has 0 heterocycles. The van der Waals surface area contributed by atoms with Gasteiger partial charge in [-0.05, 0) is 64.9 Å². The molecule has 0 radical (unpaired) electrons. The van der Waals surface area contributed by atoms with Crippen LogP contribution in [-0.4, -0.2) is 5.78 Å². The van der Waals surface area contributed by atoms with Crippen LogP contribution in [-0.2, 0) is 11.2 Å². The molecular formula is C14H14BrFO. The normalized spacial score (nSPS) is 15.5. The summed E-state index contributed by atoms with van der Waals surface area (Å²) in [6.07, 6.45) is 6.59. The molecule has 0 aliphatic heterocycles. The highest BCUT2D eigenvalue weighted by Gasteiger charge is 2.13. The summed E-state index contributed by atoms with van der Waals surface area (Å²) in [6, 6.07) is 4.74. The van der Waals surface area contributed by atoms with Crippen LogP contribution in [0.5, 0.6) is 0 Å². The van der Waals surface area contributed by atoms with Gasteiger partial charge in [0.05, 0.1) is 4.47 Å². The first-order chi connectivity index (χ1) is 8.16. The lowest BCUT2D eigenvalue weighted by Gasteiger charge is -2.11. The van der Waals surface area contributed by atoms with Crippen LogP contribution in [0.2, 0.25) is 0 Å². The average molecular weight is 297 g/mol. The number of carbonyl (C=O) groups is 1. The van der Waals surface area contributed by atoms with Gasteiger partial charge in [0.15, 0.2) is 5.78 Å². The van der Waals surface area contributed by atoms with Gasteiger partial charge < -0.3 is 0 Å². The van der Waals surface area contributed by atoms with E-state index in [1.54, 1.807) is 12.1 Å². The van der Waals surface area contributed by atoms with Crippen molar-refractivity contribution < 1.29 is 9.18 Å². The number of ketones is 1. The van der Waals surface area contributed by atoms with Crippen LogP contribution in [0.1, 0.15) is 31.2 Å². The van der Waals surface area contributed by atoms with E-state index in [0.29, 0.717) is 10.9 Å². The van der Waals surface area contributed by atoms with Crippen molar-refractivity contribution in [2.75, 3.05) is 0 Å². The summed E-state index contributed by atoms with van der Waals surface area (Å²) in [5, 5.41) is 0. The number of benzene rings is 1. The van der Waals surface area contributed by atoms with Crippen LogP contribution in [0.15, 0.2) is 34.3 Å². The highest BCUT2D eigenvalue weighted by molar-refractivity contribution is 9.10. The molecule has 17 heavy (non-hydrogen) atoms. The molecule has 0 aromatic heterocycles. The third kappa shape index (κ3) is 3.25. The third-order valence-electron chi connectivity index (χ3n) is 3.00. The van der Waals surface area contributed by atoms with Gasteiger partial charge in [-0.2, -0.15) is 0 Å². The number of hydrogen-bond acceptors (Lipinski definition) is 1. The van der Waals surface area contributed by atoms with E-state index in [0.717, 1.165) is 30.4 Å². The summed E-state index contributed by atoms with van der Waals surface area (Å²) in [5.41, 5.74) is 1.80. The predicted octanol–water partition coefficient (Wildman–Crippen LogP) is 4.20. The van der Waals surface area contributed by atoms with Crippen LogP contribution in [0, 0.1) is 5.82 Å². The van der Waals surface area contributed by atoms with Crippen LogP contribution in [0.25, 0.3) is 0 Å². The number of allylic oxidation sites excluding steroid dienone is 2. The molecule has 1 nitrogen and oxygen atoms in total. The number of rotatable bonds is 3. The molecule has 0 saturated heterocycles. The Morgan fingerprint density at radius 1 is 1.35 bits per heavy atom. The van der Waals surface area contributed by atoms with Crippen molar-refractivity contribution in [3.8, 4) is 0 Å². The zero-order valence-electron chi connectivity index (χ0n) is 9.51. The van der Waals surface area contributed by atoms with Crippen molar-refractivity contribution in [2.24, 2.45) is 0 Å². The van der Waals surface area contributed by atoms with E-state index in [9.17, 15) is 9.18 Å². The summed E-state index contributed by atoms with van der Waals surface area (Å²) in [4.78, 5) is 12.0. The van der Waals surface area contributed by atoms with Gasteiger partial charge in [-0.3, -0.25) is 4.79 Å².